The fourth-order valence-corrected chi connectivity index (χ4v) is 2.88. The van der Waals surface area contributed by atoms with Gasteiger partial charge in [-0.15, -0.1) is 0 Å². The van der Waals surface area contributed by atoms with Gasteiger partial charge in [0.25, 0.3) is 0 Å². The van der Waals surface area contributed by atoms with Gasteiger partial charge in [0.05, 0.1) is 19.1 Å². The molecule has 0 aromatic carbocycles. The number of rotatable bonds is 0. The molecule has 1 saturated carbocycles. The molecule has 4 heteroatoms. The first kappa shape index (κ1) is 8.68. The minimum absolute atomic E-state index is 0.0583. The third-order valence-corrected chi connectivity index (χ3v) is 3.54. The van der Waals surface area contributed by atoms with Crippen molar-refractivity contribution in [1.82, 2.24) is 0 Å². The molecule has 14 heavy (non-hydrogen) atoms. The van der Waals surface area contributed by atoms with E-state index in [1.54, 1.807) is 0 Å². The van der Waals surface area contributed by atoms with Crippen LogP contribution in [0, 0.1) is 11.8 Å². The van der Waals surface area contributed by atoms with Crippen LogP contribution in [-0.2, 0) is 19.0 Å². The van der Waals surface area contributed by atoms with Gasteiger partial charge < -0.3 is 14.2 Å². The second-order valence-electron chi connectivity index (χ2n) is 4.37. The van der Waals surface area contributed by atoms with Crippen LogP contribution in [0.5, 0.6) is 0 Å². The average molecular weight is 198 g/mol. The van der Waals surface area contributed by atoms with Crippen molar-refractivity contribution in [3.63, 3.8) is 0 Å². The number of esters is 1. The molecule has 0 spiro atoms. The van der Waals surface area contributed by atoms with Gasteiger partial charge in [-0.05, 0) is 6.92 Å². The normalized spacial score (nSPS) is 51.2. The monoisotopic (exact) mass is 198 g/mol. The Balaban J connectivity index is 1.77. The predicted molar refractivity (Wildman–Crippen MR) is 46.4 cm³/mol. The molecule has 0 aromatic heterocycles. The van der Waals surface area contributed by atoms with Crippen molar-refractivity contribution in [3.8, 4) is 0 Å². The smallest absolute Gasteiger partial charge is 0.306 e. The van der Waals surface area contributed by atoms with Gasteiger partial charge in [-0.25, -0.2) is 0 Å². The van der Waals surface area contributed by atoms with Crippen LogP contribution in [0.15, 0.2) is 0 Å². The van der Waals surface area contributed by atoms with E-state index in [9.17, 15) is 4.79 Å². The maximum absolute atomic E-state index is 11.1. The summed E-state index contributed by atoms with van der Waals surface area (Å²) < 4.78 is 16.4. The summed E-state index contributed by atoms with van der Waals surface area (Å²) in [5.74, 6) is 0.639. The third-order valence-electron chi connectivity index (χ3n) is 3.54. The number of fused-ring (bicyclic) bond motifs is 3. The molecule has 3 aliphatic rings. The molecule has 0 N–H and O–H groups in total. The second-order valence-corrected chi connectivity index (χ2v) is 4.37. The van der Waals surface area contributed by atoms with E-state index in [-0.39, 0.29) is 24.5 Å². The fraction of sp³-hybridized carbons (Fsp3) is 0.900. The second kappa shape index (κ2) is 2.94. The van der Waals surface area contributed by atoms with Crippen LogP contribution in [0.1, 0.15) is 19.8 Å². The summed E-state index contributed by atoms with van der Waals surface area (Å²) in [5, 5.41) is 0. The summed E-state index contributed by atoms with van der Waals surface area (Å²) >= 11 is 0. The molecule has 4 nitrogen and oxygen atoms in total. The molecule has 1 aliphatic carbocycles. The standard InChI is InChI=1S/C10H14O4/c1-5-12-4-7-6-2-10(11)14-8(6)3-9(7)13-5/h5-9H,2-4H2,1H3/t5-,6+,7+,8-,9+/m0/s1. The summed E-state index contributed by atoms with van der Waals surface area (Å²) in [6.07, 6.45) is 1.63. The molecule has 2 aliphatic heterocycles. The lowest BCUT2D eigenvalue weighted by molar-refractivity contribution is -0.224. The molecular weight excluding hydrogens is 184 g/mol. The largest absolute Gasteiger partial charge is 0.462 e. The molecule has 3 rings (SSSR count). The molecule has 0 bridgehead atoms. The third kappa shape index (κ3) is 1.17. The Morgan fingerprint density at radius 3 is 3.00 bits per heavy atom. The SMILES string of the molecule is C[C@H]1OC[C@@H]2[C@H]3CC(=O)O[C@H]3C[C@H]2O1. The molecule has 5 atom stereocenters. The van der Waals surface area contributed by atoms with E-state index >= 15 is 0 Å². The highest BCUT2D eigenvalue weighted by atomic mass is 16.7. The maximum Gasteiger partial charge on any atom is 0.306 e. The van der Waals surface area contributed by atoms with Gasteiger partial charge in [0.15, 0.2) is 6.29 Å². The molecule has 0 unspecified atom stereocenters. The van der Waals surface area contributed by atoms with Crippen LogP contribution in [0.3, 0.4) is 0 Å². The van der Waals surface area contributed by atoms with Crippen LogP contribution in [-0.4, -0.2) is 31.1 Å². The molecule has 0 amide bonds. The Hall–Kier alpha value is -0.610. The zero-order valence-electron chi connectivity index (χ0n) is 8.14. The van der Waals surface area contributed by atoms with E-state index in [0.717, 1.165) is 6.42 Å². The molecule has 2 saturated heterocycles. The van der Waals surface area contributed by atoms with E-state index < -0.39 is 0 Å². The van der Waals surface area contributed by atoms with Crippen LogP contribution in [0.4, 0.5) is 0 Å². The summed E-state index contributed by atoms with van der Waals surface area (Å²) in [4.78, 5) is 11.1. The number of carbonyl (C=O) groups excluding carboxylic acids is 1. The van der Waals surface area contributed by atoms with Crippen LogP contribution in [0.25, 0.3) is 0 Å². The van der Waals surface area contributed by atoms with Crippen LogP contribution >= 0.6 is 0 Å². The molecule has 2 heterocycles. The van der Waals surface area contributed by atoms with E-state index in [1.165, 1.54) is 0 Å². The first-order valence-electron chi connectivity index (χ1n) is 5.20. The lowest BCUT2D eigenvalue weighted by atomic mass is 9.92. The number of hydrogen-bond donors (Lipinski definition) is 0. The highest BCUT2D eigenvalue weighted by molar-refractivity contribution is 5.72. The van der Waals surface area contributed by atoms with Gasteiger partial charge in [-0.2, -0.15) is 0 Å². The van der Waals surface area contributed by atoms with Crippen molar-refractivity contribution < 1.29 is 19.0 Å². The number of carbonyl (C=O) groups is 1. The Labute approximate surface area is 82.5 Å². The van der Waals surface area contributed by atoms with E-state index in [2.05, 4.69) is 0 Å². The van der Waals surface area contributed by atoms with Crippen molar-refractivity contribution in [1.29, 1.82) is 0 Å². The average Bonchev–Trinajstić information content (AvgIpc) is 2.59. The van der Waals surface area contributed by atoms with Crippen molar-refractivity contribution in [3.05, 3.63) is 0 Å². The minimum atomic E-state index is -0.106. The van der Waals surface area contributed by atoms with Gasteiger partial charge in [0.2, 0.25) is 0 Å². The van der Waals surface area contributed by atoms with Gasteiger partial charge in [0, 0.05) is 18.3 Å². The molecule has 0 aromatic rings. The summed E-state index contributed by atoms with van der Waals surface area (Å²) in [5.41, 5.74) is 0. The van der Waals surface area contributed by atoms with Gasteiger partial charge in [-0.3, -0.25) is 4.79 Å². The quantitative estimate of drug-likeness (QED) is 0.537. The maximum atomic E-state index is 11.1. The minimum Gasteiger partial charge on any atom is -0.462 e. The topological polar surface area (TPSA) is 44.8 Å². The fourth-order valence-electron chi connectivity index (χ4n) is 2.88. The van der Waals surface area contributed by atoms with Crippen molar-refractivity contribution in [2.24, 2.45) is 11.8 Å². The zero-order chi connectivity index (χ0) is 9.71. The summed E-state index contributed by atoms with van der Waals surface area (Å²) in [7, 11) is 0. The van der Waals surface area contributed by atoms with Crippen molar-refractivity contribution in [2.75, 3.05) is 6.61 Å². The summed E-state index contributed by atoms with van der Waals surface area (Å²) in [6.45, 7) is 2.62. The van der Waals surface area contributed by atoms with E-state index in [4.69, 9.17) is 14.2 Å². The molecular formula is C10H14O4. The highest BCUT2D eigenvalue weighted by Crippen LogP contribution is 2.44. The number of ether oxygens (including phenoxy) is 3. The van der Waals surface area contributed by atoms with Gasteiger partial charge in [0.1, 0.15) is 6.10 Å². The van der Waals surface area contributed by atoms with Crippen molar-refractivity contribution >= 4 is 5.97 Å². The van der Waals surface area contributed by atoms with Crippen molar-refractivity contribution in [2.45, 2.75) is 38.3 Å². The lowest BCUT2D eigenvalue weighted by Crippen LogP contribution is -2.37. The number of hydrogen-bond acceptors (Lipinski definition) is 4. The first-order valence-corrected chi connectivity index (χ1v) is 5.20. The first-order chi connectivity index (χ1) is 6.74. The Morgan fingerprint density at radius 1 is 1.29 bits per heavy atom. The van der Waals surface area contributed by atoms with Gasteiger partial charge >= 0.3 is 5.97 Å². The van der Waals surface area contributed by atoms with Crippen LogP contribution in [0.2, 0.25) is 0 Å². The lowest BCUT2D eigenvalue weighted by Gasteiger charge is -2.32. The Morgan fingerprint density at radius 2 is 2.14 bits per heavy atom. The molecule has 78 valence electrons. The van der Waals surface area contributed by atoms with Crippen LogP contribution < -0.4 is 0 Å². The highest BCUT2D eigenvalue weighted by Gasteiger charge is 2.52. The van der Waals surface area contributed by atoms with E-state index in [0.29, 0.717) is 24.9 Å². The zero-order valence-corrected chi connectivity index (χ0v) is 8.14. The van der Waals surface area contributed by atoms with E-state index in [1.807, 2.05) is 6.92 Å². The Bertz CT molecular complexity index is 265. The van der Waals surface area contributed by atoms with Gasteiger partial charge in [-0.1, -0.05) is 0 Å². The molecule has 0 radical (unpaired) electrons. The molecule has 3 fully saturated rings. The predicted octanol–water partition coefficient (Wildman–Crippen LogP) is 0.699. The Kier molecular flexibility index (Phi) is 1.82. The summed E-state index contributed by atoms with van der Waals surface area (Å²) in [6, 6.07) is 0.